The monoisotopic (exact) mass is 519 g/mol. The van der Waals surface area contributed by atoms with E-state index in [2.05, 4.69) is 15.2 Å². The SMILES string of the molecule is N#Cc1nnc(OCc2ccccc2)c2ccc(C(=O)N3CCOCC3c3ccc(C(F)(F)F)cn3)cc12. The normalized spacial score (nSPS) is 15.7. The number of pyridine rings is 1. The molecule has 0 saturated carbocycles. The number of ether oxygens (including phenoxy) is 2. The second kappa shape index (κ2) is 10.4. The van der Waals surface area contributed by atoms with Gasteiger partial charge in [-0.1, -0.05) is 30.3 Å². The van der Waals surface area contributed by atoms with Gasteiger partial charge in [0.1, 0.15) is 12.7 Å². The number of hydrogen-bond acceptors (Lipinski definition) is 7. The van der Waals surface area contributed by atoms with Crippen molar-refractivity contribution in [2.75, 3.05) is 19.8 Å². The second-order valence-corrected chi connectivity index (χ2v) is 8.56. The van der Waals surface area contributed by atoms with Crippen molar-refractivity contribution in [1.82, 2.24) is 20.1 Å². The summed E-state index contributed by atoms with van der Waals surface area (Å²) in [6.07, 6.45) is -3.77. The molecule has 3 heterocycles. The summed E-state index contributed by atoms with van der Waals surface area (Å²) in [6, 6.07) is 17.8. The minimum absolute atomic E-state index is 0.0321. The van der Waals surface area contributed by atoms with E-state index in [1.165, 1.54) is 11.0 Å². The molecule has 0 radical (unpaired) electrons. The third-order valence-electron chi connectivity index (χ3n) is 6.16. The van der Waals surface area contributed by atoms with Gasteiger partial charge in [0, 0.05) is 29.1 Å². The van der Waals surface area contributed by atoms with Gasteiger partial charge in [-0.2, -0.15) is 18.4 Å². The third-order valence-corrected chi connectivity index (χ3v) is 6.16. The zero-order chi connectivity index (χ0) is 26.7. The first-order chi connectivity index (χ1) is 18.3. The van der Waals surface area contributed by atoms with Gasteiger partial charge in [0.15, 0.2) is 5.69 Å². The number of amides is 1. The Balaban J connectivity index is 1.44. The van der Waals surface area contributed by atoms with E-state index in [0.29, 0.717) is 10.8 Å². The molecule has 0 N–H and O–H groups in total. The first kappa shape index (κ1) is 25.1. The molecule has 1 aliphatic heterocycles. The number of nitrogens with zero attached hydrogens (tertiary/aromatic N) is 5. The fourth-order valence-electron chi connectivity index (χ4n) is 4.21. The van der Waals surface area contributed by atoms with Crippen molar-refractivity contribution in [3.63, 3.8) is 0 Å². The molecule has 1 unspecified atom stereocenters. The van der Waals surface area contributed by atoms with Gasteiger partial charge in [-0.25, -0.2) is 0 Å². The molecule has 0 spiro atoms. The molecule has 8 nitrogen and oxygen atoms in total. The molecule has 0 aliphatic carbocycles. The highest BCUT2D eigenvalue weighted by molar-refractivity contribution is 6.00. The molecule has 4 aromatic rings. The lowest BCUT2D eigenvalue weighted by Gasteiger charge is -2.35. The molecule has 1 amide bonds. The first-order valence-corrected chi connectivity index (χ1v) is 11.6. The van der Waals surface area contributed by atoms with E-state index in [-0.39, 0.29) is 55.1 Å². The van der Waals surface area contributed by atoms with Crippen LogP contribution in [0.2, 0.25) is 0 Å². The van der Waals surface area contributed by atoms with Crippen molar-refractivity contribution in [2.24, 2.45) is 0 Å². The number of alkyl halides is 3. The molecule has 5 rings (SSSR count). The molecule has 1 saturated heterocycles. The summed E-state index contributed by atoms with van der Waals surface area (Å²) < 4.78 is 50.3. The zero-order valence-electron chi connectivity index (χ0n) is 19.9. The standard InChI is InChI=1S/C27H20F3N5O3/c28-27(29,30)19-7-9-22(32-14-19)24-16-37-11-10-35(24)26(36)18-6-8-20-21(12-18)23(13-31)33-34-25(20)38-15-17-4-2-1-3-5-17/h1-9,12,14,24H,10-11,15-16H2. The number of fused-ring (bicyclic) bond motifs is 1. The van der Waals surface area contributed by atoms with Crippen LogP contribution in [0, 0.1) is 11.3 Å². The molecular formula is C27H20F3N5O3. The Morgan fingerprint density at radius 2 is 1.92 bits per heavy atom. The lowest BCUT2D eigenvalue weighted by atomic mass is 10.0. The van der Waals surface area contributed by atoms with Crippen molar-refractivity contribution >= 4 is 16.7 Å². The van der Waals surface area contributed by atoms with Gasteiger partial charge < -0.3 is 14.4 Å². The predicted molar refractivity (Wildman–Crippen MR) is 129 cm³/mol. The number of rotatable bonds is 5. The van der Waals surface area contributed by atoms with Crippen LogP contribution in [0.15, 0.2) is 66.9 Å². The summed E-state index contributed by atoms with van der Waals surface area (Å²) >= 11 is 0. The van der Waals surface area contributed by atoms with Gasteiger partial charge in [-0.15, -0.1) is 10.2 Å². The minimum atomic E-state index is -4.51. The van der Waals surface area contributed by atoms with Crippen molar-refractivity contribution in [1.29, 1.82) is 5.26 Å². The minimum Gasteiger partial charge on any atom is -0.471 e. The van der Waals surface area contributed by atoms with E-state index in [1.807, 2.05) is 36.4 Å². The van der Waals surface area contributed by atoms with Gasteiger partial charge in [0.05, 0.1) is 30.5 Å². The van der Waals surface area contributed by atoms with Gasteiger partial charge >= 0.3 is 6.18 Å². The van der Waals surface area contributed by atoms with Gasteiger partial charge in [0.25, 0.3) is 5.91 Å². The lowest BCUT2D eigenvalue weighted by molar-refractivity contribution is -0.137. The number of halogens is 3. The van der Waals surface area contributed by atoms with Crippen LogP contribution in [0.3, 0.4) is 0 Å². The maximum absolute atomic E-state index is 13.6. The van der Waals surface area contributed by atoms with Crippen LogP contribution in [-0.2, 0) is 17.5 Å². The van der Waals surface area contributed by atoms with E-state index in [9.17, 15) is 23.2 Å². The highest BCUT2D eigenvalue weighted by Crippen LogP contribution is 2.32. The molecule has 11 heteroatoms. The number of nitriles is 1. The maximum atomic E-state index is 13.6. The Hall–Kier alpha value is -4.56. The second-order valence-electron chi connectivity index (χ2n) is 8.56. The highest BCUT2D eigenvalue weighted by atomic mass is 19.4. The molecule has 38 heavy (non-hydrogen) atoms. The van der Waals surface area contributed by atoms with Crippen LogP contribution in [0.1, 0.15) is 38.9 Å². The van der Waals surface area contributed by atoms with Gasteiger partial charge in [0.2, 0.25) is 5.88 Å². The molecule has 192 valence electrons. The van der Waals surface area contributed by atoms with E-state index >= 15 is 0 Å². The zero-order valence-corrected chi connectivity index (χ0v) is 19.9. The van der Waals surface area contributed by atoms with Crippen LogP contribution in [0.25, 0.3) is 10.8 Å². The molecular weight excluding hydrogens is 499 g/mol. The summed E-state index contributed by atoms with van der Waals surface area (Å²) in [5, 5.41) is 18.5. The molecule has 1 fully saturated rings. The topological polar surface area (TPSA) is 101 Å². The fraction of sp³-hybridized carbons (Fsp3) is 0.222. The summed E-state index contributed by atoms with van der Waals surface area (Å²) in [7, 11) is 0. The van der Waals surface area contributed by atoms with Crippen LogP contribution in [-0.4, -0.2) is 45.7 Å². The highest BCUT2D eigenvalue weighted by Gasteiger charge is 2.33. The molecule has 0 bridgehead atoms. The van der Waals surface area contributed by atoms with E-state index in [1.54, 1.807) is 18.2 Å². The molecule has 1 aliphatic rings. The van der Waals surface area contributed by atoms with Gasteiger partial charge in [-0.05, 0) is 35.9 Å². The van der Waals surface area contributed by atoms with E-state index in [0.717, 1.165) is 17.8 Å². The Morgan fingerprint density at radius 1 is 1.11 bits per heavy atom. The summed E-state index contributed by atoms with van der Waals surface area (Å²) in [5.41, 5.74) is 0.640. The van der Waals surface area contributed by atoms with Crippen LogP contribution in [0.4, 0.5) is 13.2 Å². The van der Waals surface area contributed by atoms with E-state index < -0.39 is 17.8 Å². The lowest BCUT2D eigenvalue weighted by Crippen LogP contribution is -2.43. The summed E-state index contributed by atoms with van der Waals surface area (Å²) in [5.74, 6) is -0.158. The van der Waals surface area contributed by atoms with Crippen LogP contribution >= 0.6 is 0 Å². The molecule has 2 aromatic carbocycles. The number of carbonyl (C=O) groups excluding carboxylic acids is 1. The van der Waals surface area contributed by atoms with Crippen molar-refractivity contribution in [3.8, 4) is 11.9 Å². The Morgan fingerprint density at radius 3 is 2.63 bits per heavy atom. The summed E-state index contributed by atoms with van der Waals surface area (Å²) in [4.78, 5) is 19.0. The number of morpholine rings is 1. The number of carbonyl (C=O) groups is 1. The molecule has 1 atom stereocenters. The smallest absolute Gasteiger partial charge is 0.417 e. The Bertz CT molecular complexity index is 1510. The van der Waals surface area contributed by atoms with Crippen LogP contribution in [0.5, 0.6) is 5.88 Å². The van der Waals surface area contributed by atoms with Gasteiger partial charge in [-0.3, -0.25) is 9.78 Å². The third kappa shape index (κ3) is 5.12. The van der Waals surface area contributed by atoms with E-state index in [4.69, 9.17) is 9.47 Å². The average Bonchev–Trinajstić information content (AvgIpc) is 2.95. The largest absolute Gasteiger partial charge is 0.471 e. The fourth-order valence-corrected chi connectivity index (χ4v) is 4.21. The first-order valence-electron chi connectivity index (χ1n) is 11.6. The van der Waals surface area contributed by atoms with Crippen molar-refractivity contribution in [2.45, 2.75) is 18.8 Å². The predicted octanol–water partition coefficient (Wildman–Crippen LogP) is 4.71. The van der Waals surface area contributed by atoms with Crippen molar-refractivity contribution < 1.29 is 27.4 Å². The quantitative estimate of drug-likeness (QED) is 0.376. The van der Waals surface area contributed by atoms with Crippen molar-refractivity contribution in [3.05, 3.63) is 94.9 Å². The van der Waals surface area contributed by atoms with Crippen LogP contribution < -0.4 is 4.74 Å². The number of aromatic nitrogens is 3. The Labute approximate surface area is 215 Å². The number of benzene rings is 2. The summed E-state index contributed by atoms with van der Waals surface area (Å²) in [6.45, 7) is 0.815. The number of hydrogen-bond donors (Lipinski definition) is 0. The Kier molecular flexibility index (Phi) is 6.89. The average molecular weight is 519 g/mol. The molecule has 2 aromatic heterocycles. The maximum Gasteiger partial charge on any atom is 0.417 e.